The summed E-state index contributed by atoms with van der Waals surface area (Å²) in [5, 5.41) is 17.1. The van der Waals surface area contributed by atoms with Crippen LogP contribution in [-0.4, -0.2) is 61.3 Å². The van der Waals surface area contributed by atoms with Crippen LogP contribution in [0.4, 0.5) is 0 Å². The van der Waals surface area contributed by atoms with E-state index in [4.69, 9.17) is 9.47 Å². The van der Waals surface area contributed by atoms with Crippen molar-refractivity contribution in [3.8, 4) is 0 Å². The fourth-order valence-corrected chi connectivity index (χ4v) is 7.13. The quantitative estimate of drug-likeness (QED) is 0.685. The highest BCUT2D eigenvalue weighted by molar-refractivity contribution is 8.01. The van der Waals surface area contributed by atoms with Crippen LogP contribution in [-0.2, 0) is 9.47 Å². The predicted molar refractivity (Wildman–Crippen MR) is 101 cm³/mol. The number of hydroxylamine groups is 2. The first-order valence-electron chi connectivity index (χ1n) is 9.28. The molecule has 0 bridgehead atoms. The standard InChI is InChI=1S/C17H32N2O3S2/c1-21-14-7-6-12(9-15(14)22-2)17-18-13(11-24-17)10-23-16-5-3-4-8-19(16)20/h12-19H,3-11H2,1-2H3. The predicted octanol–water partition coefficient (Wildman–Crippen LogP) is 1.47. The summed E-state index contributed by atoms with van der Waals surface area (Å²) in [6, 6.07) is 0.542. The SMILES string of the molecule is COC1CCC(C2NC(CSC3CCCC[NH+]3[O-])CS2)CC1OC. The van der Waals surface area contributed by atoms with Gasteiger partial charge in [-0.25, -0.2) is 0 Å². The average Bonchev–Trinajstić information content (AvgIpc) is 3.09. The minimum Gasteiger partial charge on any atom is -0.633 e. The van der Waals surface area contributed by atoms with Crippen LogP contribution >= 0.6 is 23.5 Å². The minimum atomic E-state index is 0.226. The van der Waals surface area contributed by atoms with Crippen LogP contribution in [0.1, 0.15) is 38.5 Å². The van der Waals surface area contributed by atoms with E-state index in [0.717, 1.165) is 38.0 Å². The van der Waals surface area contributed by atoms with Crippen LogP contribution in [0.15, 0.2) is 0 Å². The van der Waals surface area contributed by atoms with E-state index in [1.165, 1.54) is 18.6 Å². The molecule has 24 heavy (non-hydrogen) atoms. The number of hydrogen-bond donors (Lipinski definition) is 2. The average molecular weight is 377 g/mol. The lowest BCUT2D eigenvalue weighted by Crippen LogP contribution is -3.11. The molecule has 2 N–H and O–H groups in total. The molecule has 5 nitrogen and oxygen atoms in total. The lowest BCUT2D eigenvalue weighted by Gasteiger charge is -2.37. The van der Waals surface area contributed by atoms with E-state index in [1.54, 1.807) is 14.2 Å². The Hall–Kier alpha value is 0.500. The molecule has 1 aliphatic carbocycles. The third-order valence-corrected chi connectivity index (χ3v) is 8.65. The third-order valence-electron chi connectivity index (χ3n) is 5.68. The van der Waals surface area contributed by atoms with Gasteiger partial charge in [0, 0.05) is 38.2 Å². The molecule has 140 valence electrons. The van der Waals surface area contributed by atoms with Crippen molar-refractivity contribution in [2.24, 2.45) is 5.92 Å². The van der Waals surface area contributed by atoms with Gasteiger partial charge < -0.3 is 25.1 Å². The molecule has 0 aromatic rings. The van der Waals surface area contributed by atoms with Crippen molar-refractivity contribution in [1.82, 2.24) is 5.32 Å². The zero-order valence-electron chi connectivity index (χ0n) is 14.9. The number of ether oxygens (including phenoxy) is 2. The van der Waals surface area contributed by atoms with Gasteiger partial charge >= 0.3 is 0 Å². The van der Waals surface area contributed by atoms with Crippen LogP contribution in [0, 0.1) is 11.1 Å². The molecule has 3 fully saturated rings. The molecule has 2 heterocycles. The second-order valence-electron chi connectivity index (χ2n) is 7.27. The summed E-state index contributed by atoms with van der Waals surface area (Å²) in [5.41, 5.74) is 0. The highest BCUT2D eigenvalue weighted by atomic mass is 32.2. The Kier molecular flexibility index (Phi) is 7.58. The van der Waals surface area contributed by atoms with Gasteiger partial charge in [-0.15, -0.1) is 11.8 Å². The normalized spacial score (nSPS) is 43.9. The second-order valence-corrected chi connectivity index (χ2v) is 9.68. The highest BCUT2D eigenvalue weighted by Crippen LogP contribution is 2.37. The number of nitrogens with one attached hydrogen (secondary N) is 2. The number of quaternary nitrogens is 1. The first kappa shape index (κ1) is 19.3. The van der Waals surface area contributed by atoms with Gasteiger partial charge in [-0.05, 0) is 38.0 Å². The first-order chi connectivity index (χ1) is 11.7. The summed E-state index contributed by atoms with van der Waals surface area (Å²) in [6.07, 6.45) is 7.27. The van der Waals surface area contributed by atoms with E-state index >= 15 is 0 Å². The largest absolute Gasteiger partial charge is 0.633 e. The third kappa shape index (κ3) is 4.81. The number of thioether (sulfide) groups is 2. The zero-order chi connectivity index (χ0) is 16.9. The van der Waals surface area contributed by atoms with Gasteiger partial charge in [-0.2, -0.15) is 0 Å². The lowest BCUT2D eigenvalue weighted by molar-refractivity contribution is -0.864. The maximum Gasteiger partial charge on any atom is 0.134 e. The molecular formula is C17H32N2O3S2. The summed E-state index contributed by atoms with van der Waals surface area (Å²) < 4.78 is 11.2. The van der Waals surface area contributed by atoms with E-state index in [1.807, 2.05) is 11.8 Å². The molecule has 2 aliphatic heterocycles. The molecule has 1 saturated carbocycles. The van der Waals surface area contributed by atoms with Crippen LogP contribution in [0.3, 0.4) is 0 Å². The van der Waals surface area contributed by atoms with E-state index < -0.39 is 0 Å². The van der Waals surface area contributed by atoms with Crippen molar-refractivity contribution >= 4 is 23.5 Å². The fourth-order valence-electron chi connectivity index (χ4n) is 4.20. The van der Waals surface area contributed by atoms with Gasteiger partial charge in [-0.3, -0.25) is 0 Å². The number of rotatable bonds is 6. The van der Waals surface area contributed by atoms with E-state index in [-0.39, 0.29) is 17.6 Å². The fraction of sp³-hybridized carbons (Fsp3) is 1.00. The second kappa shape index (κ2) is 9.44. The Balaban J connectivity index is 1.42. The molecule has 0 aromatic carbocycles. The first-order valence-corrected chi connectivity index (χ1v) is 11.4. The van der Waals surface area contributed by atoms with Crippen molar-refractivity contribution in [3.63, 3.8) is 0 Å². The number of methoxy groups -OCH3 is 2. The van der Waals surface area contributed by atoms with Crippen LogP contribution < -0.4 is 10.4 Å². The molecule has 0 amide bonds. The molecule has 0 radical (unpaired) electrons. The summed E-state index contributed by atoms with van der Waals surface area (Å²) in [5.74, 6) is 2.90. The number of hydrogen-bond acceptors (Lipinski definition) is 6. The lowest BCUT2D eigenvalue weighted by atomic mass is 9.84. The van der Waals surface area contributed by atoms with Crippen molar-refractivity contribution < 1.29 is 14.5 Å². The van der Waals surface area contributed by atoms with E-state index in [9.17, 15) is 5.21 Å². The Morgan fingerprint density at radius 3 is 2.75 bits per heavy atom. The van der Waals surface area contributed by atoms with Crippen molar-refractivity contribution in [2.75, 3.05) is 32.3 Å². The summed E-state index contributed by atoms with van der Waals surface area (Å²) in [7, 11) is 3.59. The smallest absolute Gasteiger partial charge is 0.134 e. The zero-order valence-corrected chi connectivity index (χ0v) is 16.5. The molecule has 3 aliphatic rings. The molecular weight excluding hydrogens is 344 g/mol. The summed E-state index contributed by atoms with van der Waals surface area (Å²) in [6.45, 7) is 0.800. The molecule has 7 unspecified atom stereocenters. The van der Waals surface area contributed by atoms with E-state index in [2.05, 4.69) is 17.1 Å². The molecule has 2 saturated heterocycles. The maximum absolute atomic E-state index is 12.0. The van der Waals surface area contributed by atoms with Crippen molar-refractivity contribution in [2.45, 2.75) is 67.5 Å². The molecule has 0 aromatic heterocycles. The van der Waals surface area contributed by atoms with Gasteiger partial charge in [0.2, 0.25) is 0 Å². The van der Waals surface area contributed by atoms with E-state index in [0.29, 0.717) is 22.4 Å². The Labute approximate surface area is 154 Å². The van der Waals surface area contributed by atoms with Gasteiger partial charge in [0.1, 0.15) is 5.37 Å². The summed E-state index contributed by atoms with van der Waals surface area (Å²) >= 11 is 3.95. The Morgan fingerprint density at radius 2 is 2.00 bits per heavy atom. The highest BCUT2D eigenvalue weighted by Gasteiger charge is 2.38. The van der Waals surface area contributed by atoms with Crippen molar-refractivity contribution in [3.05, 3.63) is 5.21 Å². The topological polar surface area (TPSA) is 58.0 Å². The minimum absolute atomic E-state index is 0.226. The van der Waals surface area contributed by atoms with Gasteiger partial charge in [0.25, 0.3) is 0 Å². The molecule has 7 heteroatoms. The van der Waals surface area contributed by atoms with Crippen LogP contribution in [0.5, 0.6) is 0 Å². The molecule has 7 atom stereocenters. The van der Waals surface area contributed by atoms with Crippen LogP contribution in [0.25, 0.3) is 0 Å². The Bertz CT molecular complexity index is 391. The monoisotopic (exact) mass is 376 g/mol. The van der Waals surface area contributed by atoms with Crippen LogP contribution in [0.2, 0.25) is 0 Å². The Morgan fingerprint density at radius 1 is 1.17 bits per heavy atom. The molecule has 3 rings (SSSR count). The van der Waals surface area contributed by atoms with Crippen molar-refractivity contribution in [1.29, 1.82) is 0 Å². The van der Waals surface area contributed by atoms with Gasteiger partial charge in [-0.1, -0.05) is 11.8 Å². The molecule has 0 spiro atoms. The van der Waals surface area contributed by atoms with Gasteiger partial charge in [0.15, 0.2) is 0 Å². The number of piperidine rings is 1. The maximum atomic E-state index is 12.0. The van der Waals surface area contributed by atoms with Gasteiger partial charge in [0.05, 0.1) is 24.1 Å². The summed E-state index contributed by atoms with van der Waals surface area (Å²) in [4.78, 5) is 0.